The maximum atomic E-state index is 8.98. The van der Waals surface area contributed by atoms with E-state index in [0.29, 0.717) is 5.56 Å². The van der Waals surface area contributed by atoms with Crippen molar-refractivity contribution in [3.05, 3.63) is 65.9 Å². The Morgan fingerprint density at radius 3 is 2.62 bits per heavy atom. The van der Waals surface area contributed by atoms with E-state index in [1.807, 2.05) is 48.1 Å². The van der Waals surface area contributed by atoms with E-state index in [1.54, 1.807) is 6.07 Å². The van der Waals surface area contributed by atoms with Gasteiger partial charge in [-0.05, 0) is 30.7 Å². The van der Waals surface area contributed by atoms with Crippen molar-refractivity contribution < 1.29 is 0 Å². The van der Waals surface area contributed by atoms with Gasteiger partial charge in [0.1, 0.15) is 0 Å². The van der Waals surface area contributed by atoms with Gasteiger partial charge in [-0.25, -0.2) is 0 Å². The predicted molar refractivity (Wildman–Crippen MR) is 82.7 cm³/mol. The molecule has 4 nitrogen and oxygen atoms in total. The molecule has 2 atom stereocenters. The molecule has 0 spiro atoms. The summed E-state index contributed by atoms with van der Waals surface area (Å²) < 4.78 is 1.89. The molecule has 0 fully saturated rings. The Morgan fingerprint density at radius 2 is 1.95 bits per heavy atom. The molecule has 0 unspecified atom stereocenters. The van der Waals surface area contributed by atoms with Crippen molar-refractivity contribution in [3.8, 4) is 6.07 Å². The normalized spacial score (nSPS) is 13.8. The topological polar surface area (TPSA) is 67.6 Å². The maximum Gasteiger partial charge on any atom is 0.0991 e. The van der Waals surface area contributed by atoms with Crippen LogP contribution in [0.25, 0.3) is 10.9 Å². The minimum absolute atomic E-state index is 0.0239. The van der Waals surface area contributed by atoms with Crippen LogP contribution in [-0.4, -0.2) is 15.8 Å². The van der Waals surface area contributed by atoms with Crippen LogP contribution in [0, 0.1) is 11.3 Å². The van der Waals surface area contributed by atoms with Gasteiger partial charge in [-0.3, -0.25) is 4.68 Å². The van der Waals surface area contributed by atoms with Crippen LogP contribution in [0.5, 0.6) is 0 Å². The van der Waals surface area contributed by atoms with Crippen LogP contribution in [0.2, 0.25) is 0 Å². The number of nitriles is 1. The molecule has 0 saturated heterocycles. The van der Waals surface area contributed by atoms with Crippen LogP contribution in [0.15, 0.2) is 54.7 Å². The number of aromatic nitrogens is 2. The molecular formula is C17H16N4. The molecule has 0 aliphatic carbocycles. The van der Waals surface area contributed by atoms with Gasteiger partial charge in [0.15, 0.2) is 0 Å². The summed E-state index contributed by atoms with van der Waals surface area (Å²) >= 11 is 0. The fourth-order valence-electron chi connectivity index (χ4n) is 2.60. The molecule has 104 valence electrons. The highest BCUT2D eigenvalue weighted by atomic mass is 15.3. The molecule has 3 aromatic rings. The second-order valence-corrected chi connectivity index (χ2v) is 5.21. The van der Waals surface area contributed by atoms with Crippen LogP contribution >= 0.6 is 0 Å². The molecule has 1 heterocycles. The lowest BCUT2D eigenvalue weighted by Gasteiger charge is -2.21. The number of hydrogen-bond acceptors (Lipinski definition) is 3. The van der Waals surface area contributed by atoms with Gasteiger partial charge in [0, 0.05) is 17.6 Å². The van der Waals surface area contributed by atoms with Crippen LogP contribution < -0.4 is 5.73 Å². The number of nitrogens with zero attached hydrogens (tertiary/aromatic N) is 3. The summed E-state index contributed by atoms with van der Waals surface area (Å²) in [5, 5.41) is 14.5. The first-order chi connectivity index (χ1) is 10.2. The third-order valence-corrected chi connectivity index (χ3v) is 3.58. The van der Waals surface area contributed by atoms with Crippen molar-refractivity contribution in [3.63, 3.8) is 0 Å². The Bertz CT molecular complexity index is 797. The van der Waals surface area contributed by atoms with E-state index in [2.05, 4.69) is 23.3 Å². The van der Waals surface area contributed by atoms with Crippen LogP contribution in [0.1, 0.15) is 24.1 Å². The second-order valence-electron chi connectivity index (χ2n) is 5.21. The summed E-state index contributed by atoms with van der Waals surface area (Å²) in [5.41, 5.74) is 8.80. The van der Waals surface area contributed by atoms with E-state index in [4.69, 9.17) is 11.0 Å². The molecule has 4 heteroatoms. The van der Waals surface area contributed by atoms with E-state index < -0.39 is 0 Å². The lowest BCUT2D eigenvalue weighted by atomic mass is 10.0. The fraction of sp³-hybridized carbons (Fsp3) is 0.176. The van der Waals surface area contributed by atoms with Gasteiger partial charge in [0.05, 0.1) is 23.2 Å². The fourth-order valence-corrected chi connectivity index (χ4v) is 2.60. The minimum atomic E-state index is -0.0721. The maximum absolute atomic E-state index is 8.98. The van der Waals surface area contributed by atoms with Crippen LogP contribution in [-0.2, 0) is 0 Å². The van der Waals surface area contributed by atoms with Crippen LogP contribution in [0.3, 0.4) is 0 Å². The van der Waals surface area contributed by atoms with Crippen LogP contribution in [0.4, 0.5) is 0 Å². The molecule has 0 aliphatic rings. The Balaban J connectivity index is 2.10. The first-order valence-corrected chi connectivity index (χ1v) is 6.88. The zero-order valence-corrected chi connectivity index (χ0v) is 11.8. The van der Waals surface area contributed by atoms with Crippen molar-refractivity contribution in [1.82, 2.24) is 9.78 Å². The molecule has 2 N–H and O–H groups in total. The van der Waals surface area contributed by atoms with Crippen molar-refractivity contribution in [2.24, 2.45) is 5.73 Å². The number of hydrogen-bond donors (Lipinski definition) is 1. The van der Waals surface area contributed by atoms with Gasteiger partial charge in [0.25, 0.3) is 0 Å². The van der Waals surface area contributed by atoms with E-state index >= 15 is 0 Å². The smallest absolute Gasteiger partial charge is 0.0991 e. The predicted octanol–water partition coefficient (Wildman–Crippen LogP) is 2.84. The van der Waals surface area contributed by atoms with Gasteiger partial charge in [0.2, 0.25) is 0 Å². The number of benzene rings is 2. The van der Waals surface area contributed by atoms with Gasteiger partial charge < -0.3 is 5.73 Å². The Kier molecular flexibility index (Phi) is 3.43. The molecule has 0 bridgehead atoms. The summed E-state index contributed by atoms with van der Waals surface area (Å²) in [6, 6.07) is 17.7. The standard InChI is InChI=1S/C17H16N4/c1-12(19)17(14-5-3-2-4-6-14)21-11-15-9-13(10-18)7-8-16(15)20-21/h2-9,11-12,17H,19H2,1H3/t12-,17-/m0/s1. The van der Waals surface area contributed by atoms with Crippen molar-refractivity contribution in [1.29, 1.82) is 5.26 Å². The molecular weight excluding hydrogens is 260 g/mol. The molecule has 1 aromatic heterocycles. The third-order valence-electron chi connectivity index (χ3n) is 3.58. The van der Waals surface area contributed by atoms with Gasteiger partial charge in [-0.2, -0.15) is 10.4 Å². The monoisotopic (exact) mass is 276 g/mol. The third kappa shape index (κ3) is 2.51. The Labute approximate surface area is 123 Å². The largest absolute Gasteiger partial charge is 0.326 e. The van der Waals surface area contributed by atoms with Gasteiger partial charge >= 0.3 is 0 Å². The average molecular weight is 276 g/mol. The summed E-state index contributed by atoms with van der Waals surface area (Å²) in [6.45, 7) is 1.98. The highest BCUT2D eigenvalue weighted by Gasteiger charge is 2.19. The zero-order chi connectivity index (χ0) is 14.8. The molecule has 0 amide bonds. The first kappa shape index (κ1) is 13.3. The summed E-state index contributed by atoms with van der Waals surface area (Å²) in [6.07, 6.45) is 1.96. The van der Waals surface area contributed by atoms with Gasteiger partial charge in [-0.1, -0.05) is 30.3 Å². The Hall–Kier alpha value is -2.64. The molecule has 3 rings (SSSR count). The van der Waals surface area contributed by atoms with E-state index in [-0.39, 0.29) is 12.1 Å². The molecule has 0 saturated carbocycles. The van der Waals surface area contributed by atoms with Crippen molar-refractivity contribution in [2.45, 2.75) is 19.0 Å². The molecule has 2 aromatic carbocycles. The lowest BCUT2D eigenvalue weighted by molar-refractivity contribution is 0.457. The molecule has 21 heavy (non-hydrogen) atoms. The molecule has 0 aliphatic heterocycles. The average Bonchev–Trinajstić information content (AvgIpc) is 2.90. The van der Waals surface area contributed by atoms with Crippen molar-refractivity contribution >= 4 is 10.9 Å². The first-order valence-electron chi connectivity index (χ1n) is 6.88. The zero-order valence-electron chi connectivity index (χ0n) is 11.8. The minimum Gasteiger partial charge on any atom is -0.326 e. The SMILES string of the molecule is C[C@H](N)[C@@H](c1ccccc1)n1cc2cc(C#N)ccc2n1. The van der Waals surface area contributed by atoms with E-state index in [0.717, 1.165) is 16.5 Å². The molecule has 0 radical (unpaired) electrons. The summed E-state index contributed by atoms with van der Waals surface area (Å²) in [7, 11) is 0. The number of fused-ring (bicyclic) bond motifs is 1. The Morgan fingerprint density at radius 1 is 1.19 bits per heavy atom. The summed E-state index contributed by atoms with van der Waals surface area (Å²) in [5.74, 6) is 0. The lowest BCUT2D eigenvalue weighted by Crippen LogP contribution is -2.30. The summed E-state index contributed by atoms with van der Waals surface area (Å²) in [4.78, 5) is 0. The van der Waals surface area contributed by atoms with E-state index in [1.165, 1.54) is 0 Å². The second kappa shape index (κ2) is 5.39. The van der Waals surface area contributed by atoms with Crippen molar-refractivity contribution in [2.75, 3.05) is 0 Å². The number of nitrogens with two attached hydrogens (primary N) is 1. The van der Waals surface area contributed by atoms with E-state index in [9.17, 15) is 0 Å². The quantitative estimate of drug-likeness (QED) is 0.799. The highest BCUT2D eigenvalue weighted by Crippen LogP contribution is 2.23. The van der Waals surface area contributed by atoms with Gasteiger partial charge in [-0.15, -0.1) is 0 Å². The number of rotatable bonds is 3. The highest BCUT2D eigenvalue weighted by molar-refractivity contribution is 5.79.